The number of nitrogens with zero attached hydrogens (tertiary/aromatic N) is 3. The van der Waals surface area contributed by atoms with Gasteiger partial charge >= 0.3 is 6.09 Å². The van der Waals surface area contributed by atoms with Crippen molar-refractivity contribution in [3.63, 3.8) is 0 Å². The summed E-state index contributed by atoms with van der Waals surface area (Å²) in [6.45, 7) is 12.7. The van der Waals surface area contributed by atoms with Crippen LogP contribution in [0.4, 0.5) is 10.5 Å². The van der Waals surface area contributed by atoms with Gasteiger partial charge < -0.3 is 20.7 Å². The van der Waals surface area contributed by atoms with Crippen molar-refractivity contribution in [2.75, 3.05) is 25.0 Å². The van der Waals surface area contributed by atoms with Crippen molar-refractivity contribution < 1.29 is 14.3 Å². The Balaban J connectivity index is 1.49. The molecule has 2 amide bonds. The SMILES string of the molecule is C=Cc1c(-c2cccc(-n3cnc4ccccc4c3=O)c2C)ccc(C(N)=O)c1NCC1=CCN(C(=O)OC(C)(C)C)C1. The number of amides is 2. The van der Waals surface area contributed by atoms with E-state index in [1.165, 1.54) is 0 Å². The van der Waals surface area contributed by atoms with Gasteiger partial charge in [0, 0.05) is 25.2 Å². The van der Waals surface area contributed by atoms with Crippen LogP contribution < -0.4 is 16.6 Å². The molecule has 3 N–H and O–H groups in total. The molecular formula is C34H35N5O4. The highest BCUT2D eigenvalue weighted by molar-refractivity contribution is 6.03. The number of fused-ring (bicyclic) bond motifs is 1. The van der Waals surface area contributed by atoms with E-state index in [-0.39, 0.29) is 11.7 Å². The first-order chi connectivity index (χ1) is 20.5. The summed E-state index contributed by atoms with van der Waals surface area (Å²) in [5.74, 6) is -0.577. The predicted molar refractivity (Wildman–Crippen MR) is 171 cm³/mol. The molecule has 0 radical (unpaired) electrons. The molecule has 9 nitrogen and oxygen atoms in total. The van der Waals surface area contributed by atoms with Crippen LogP contribution in [0.25, 0.3) is 33.8 Å². The fraction of sp³-hybridized carbons (Fsp3) is 0.235. The van der Waals surface area contributed by atoms with Crippen molar-refractivity contribution >= 4 is 34.7 Å². The van der Waals surface area contributed by atoms with Crippen molar-refractivity contribution in [1.82, 2.24) is 14.5 Å². The third kappa shape index (κ3) is 5.92. The second-order valence-electron chi connectivity index (χ2n) is 11.5. The third-order valence-corrected chi connectivity index (χ3v) is 7.37. The van der Waals surface area contributed by atoms with Crippen molar-refractivity contribution in [2.24, 2.45) is 5.73 Å². The Kier molecular flexibility index (Phi) is 7.91. The number of hydrogen-bond acceptors (Lipinski definition) is 6. The smallest absolute Gasteiger partial charge is 0.410 e. The maximum absolute atomic E-state index is 13.4. The minimum Gasteiger partial charge on any atom is -0.444 e. The molecule has 1 aliphatic rings. The number of nitrogens with two attached hydrogens (primary N) is 1. The van der Waals surface area contributed by atoms with Crippen LogP contribution in [-0.2, 0) is 4.74 Å². The average molecular weight is 578 g/mol. The Bertz CT molecular complexity index is 1850. The number of rotatable bonds is 7. The number of hydrogen-bond donors (Lipinski definition) is 2. The Morgan fingerprint density at radius 1 is 1.09 bits per heavy atom. The molecule has 4 aromatic rings. The second-order valence-corrected chi connectivity index (χ2v) is 11.5. The predicted octanol–water partition coefficient (Wildman–Crippen LogP) is 5.69. The highest BCUT2D eigenvalue weighted by atomic mass is 16.6. The number of para-hydroxylation sites is 1. The van der Waals surface area contributed by atoms with Crippen LogP contribution in [0.15, 0.2) is 83.9 Å². The molecule has 2 heterocycles. The van der Waals surface area contributed by atoms with Gasteiger partial charge in [-0.2, -0.15) is 0 Å². The van der Waals surface area contributed by atoms with Gasteiger partial charge in [-0.05, 0) is 74.2 Å². The molecule has 0 atom stereocenters. The quantitative estimate of drug-likeness (QED) is 0.272. The number of aromatic nitrogens is 2. The van der Waals surface area contributed by atoms with Crippen LogP contribution in [-0.4, -0.2) is 51.7 Å². The van der Waals surface area contributed by atoms with Gasteiger partial charge in [-0.25, -0.2) is 9.78 Å². The topological polar surface area (TPSA) is 120 Å². The fourth-order valence-electron chi connectivity index (χ4n) is 5.29. The second kappa shape index (κ2) is 11.6. The maximum atomic E-state index is 13.4. The van der Waals surface area contributed by atoms with Gasteiger partial charge in [0.25, 0.3) is 11.5 Å². The summed E-state index contributed by atoms with van der Waals surface area (Å²) in [6, 6.07) is 16.5. The molecule has 5 rings (SSSR count). The number of ether oxygens (including phenoxy) is 1. The average Bonchev–Trinajstić information content (AvgIpc) is 3.45. The summed E-state index contributed by atoms with van der Waals surface area (Å²) < 4.78 is 7.05. The molecule has 1 aliphatic heterocycles. The minimum atomic E-state index is -0.582. The molecule has 3 aromatic carbocycles. The Morgan fingerprint density at radius 2 is 1.86 bits per heavy atom. The van der Waals surface area contributed by atoms with Gasteiger partial charge in [-0.3, -0.25) is 14.2 Å². The molecule has 1 aromatic heterocycles. The first-order valence-electron chi connectivity index (χ1n) is 14.0. The van der Waals surface area contributed by atoms with Crippen molar-refractivity contribution in [1.29, 1.82) is 0 Å². The van der Waals surface area contributed by atoms with Gasteiger partial charge in [-0.1, -0.05) is 49.1 Å². The van der Waals surface area contributed by atoms with Gasteiger partial charge in [0.15, 0.2) is 0 Å². The molecule has 0 aliphatic carbocycles. The molecular weight excluding hydrogens is 542 g/mol. The summed E-state index contributed by atoms with van der Waals surface area (Å²) in [5.41, 5.74) is 11.5. The molecule has 0 spiro atoms. The molecule has 0 unspecified atom stereocenters. The van der Waals surface area contributed by atoms with Crippen molar-refractivity contribution in [2.45, 2.75) is 33.3 Å². The summed E-state index contributed by atoms with van der Waals surface area (Å²) in [6.07, 6.45) is 4.84. The molecule has 0 bridgehead atoms. The lowest BCUT2D eigenvalue weighted by molar-refractivity contribution is 0.0301. The monoisotopic (exact) mass is 577 g/mol. The lowest BCUT2D eigenvalue weighted by atomic mass is 9.91. The van der Waals surface area contributed by atoms with Crippen LogP contribution in [0.5, 0.6) is 0 Å². The molecule has 0 saturated carbocycles. The van der Waals surface area contributed by atoms with Crippen LogP contribution in [0.3, 0.4) is 0 Å². The van der Waals surface area contributed by atoms with E-state index in [0.717, 1.165) is 22.3 Å². The summed E-state index contributed by atoms with van der Waals surface area (Å²) >= 11 is 0. The van der Waals surface area contributed by atoms with Crippen molar-refractivity contribution in [3.05, 3.63) is 106 Å². The Morgan fingerprint density at radius 3 is 2.58 bits per heavy atom. The van der Waals surface area contributed by atoms with Gasteiger partial charge in [0.05, 0.1) is 27.8 Å². The van der Waals surface area contributed by atoms with Gasteiger partial charge in [-0.15, -0.1) is 0 Å². The first-order valence-corrected chi connectivity index (χ1v) is 14.0. The first kappa shape index (κ1) is 29.3. The van der Waals surface area contributed by atoms with E-state index >= 15 is 0 Å². The Hall–Kier alpha value is -5.18. The number of anilines is 1. The number of carbonyl (C=O) groups excluding carboxylic acids is 2. The number of primary amides is 1. The van der Waals surface area contributed by atoms with E-state index in [4.69, 9.17) is 10.5 Å². The van der Waals surface area contributed by atoms with E-state index in [9.17, 15) is 14.4 Å². The van der Waals surface area contributed by atoms with Gasteiger partial charge in [0.2, 0.25) is 0 Å². The van der Waals surface area contributed by atoms with E-state index in [1.807, 2.05) is 76.2 Å². The molecule has 220 valence electrons. The number of benzene rings is 3. The van der Waals surface area contributed by atoms with E-state index in [0.29, 0.717) is 53.0 Å². The fourth-order valence-corrected chi connectivity index (χ4v) is 5.29. The van der Waals surface area contributed by atoms with E-state index < -0.39 is 11.5 Å². The summed E-state index contributed by atoms with van der Waals surface area (Å²) in [7, 11) is 0. The highest BCUT2D eigenvalue weighted by Crippen LogP contribution is 2.36. The van der Waals surface area contributed by atoms with E-state index in [1.54, 1.807) is 34.0 Å². The van der Waals surface area contributed by atoms with Crippen molar-refractivity contribution in [3.8, 4) is 16.8 Å². The third-order valence-electron chi connectivity index (χ3n) is 7.37. The zero-order valence-corrected chi connectivity index (χ0v) is 24.8. The zero-order valence-electron chi connectivity index (χ0n) is 24.8. The standard InChI is InChI=1S/C34H35N5O4/c1-6-23-25(24-11-9-13-29(21(24)2)39-20-37-28-12-8-7-10-26(28)32(39)41)14-15-27(31(35)40)30(23)36-18-22-16-17-38(19-22)33(42)43-34(3,4)5/h6-16,20,36H,1,17-19H2,2-5H3,(H2,35,40). The number of carbonyl (C=O) groups is 2. The lowest BCUT2D eigenvalue weighted by Crippen LogP contribution is -2.35. The summed E-state index contributed by atoms with van der Waals surface area (Å²) in [4.78, 5) is 44.5. The normalized spacial score (nSPS) is 13.1. The van der Waals surface area contributed by atoms with Crippen LogP contribution in [0, 0.1) is 6.92 Å². The minimum absolute atomic E-state index is 0.161. The molecule has 0 saturated heterocycles. The molecule has 43 heavy (non-hydrogen) atoms. The Labute approximate surface area is 250 Å². The maximum Gasteiger partial charge on any atom is 0.410 e. The van der Waals surface area contributed by atoms with Gasteiger partial charge in [0.1, 0.15) is 11.9 Å². The largest absolute Gasteiger partial charge is 0.444 e. The summed E-state index contributed by atoms with van der Waals surface area (Å²) in [5, 5.41) is 3.92. The van der Waals surface area contributed by atoms with Crippen LogP contribution in [0.1, 0.15) is 42.3 Å². The molecule has 0 fully saturated rings. The van der Waals surface area contributed by atoms with E-state index in [2.05, 4.69) is 16.9 Å². The molecule has 9 heteroatoms. The lowest BCUT2D eigenvalue weighted by Gasteiger charge is -2.24. The number of nitrogens with one attached hydrogen (secondary N) is 1. The van der Waals surface area contributed by atoms with Crippen LogP contribution >= 0.6 is 0 Å². The van der Waals surface area contributed by atoms with Crippen LogP contribution in [0.2, 0.25) is 0 Å². The zero-order chi connectivity index (χ0) is 30.9. The highest BCUT2D eigenvalue weighted by Gasteiger charge is 2.26.